The van der Waals surface area contributed by atoms with Gasteiger partial charge in [0.05, 0.1) is 0 Å². The van der Waals surface area contributed by atoms with Crippen molar-refractivity contribution in [3.8, 4) is 0 Å². The Hall–Kier alpha value is -1.96. The zero-order chi connectivity index (χ0) is 12.8. The number of hydrogen-bond donors (Lipinski definition) is 3. The van der Waals surface area contributed by atoms with Crippen LogP contribution in [0.25, 0.3) is 0 Å². The number of piperidine rings is 1. The lowest BCUT2D eigenvalue weighted by Gasteiger charge is -2.21. The molecule has 1 rings (SSSR count). The molecule has 94 valence electrons. The van der Waals surface area contributed by atoms with Crippen LogP contribution in [-0.2, 0) is 23.9 Å². The van der Waals surface area contributed by atoms with Gasteiger partial charge in [0.25, 0.3) is 0 Å². The Balaban J connectivity index is 2.28. The lowest BCUT2D eigenvalue weighted by molar-refractivity contribution is -0.145. The van der Waals surface area contributed by atoms with Crippen LogP contribution in [0.15, 0.2) is 0 Å². The van der Waals surface area contributed by atoms with Crippen LogP contribution < -0.4 is 10.6 Å². The van der Waals surface area contributed by atoms with Crippen LogP contribution in [0.5, 0.6) is 0 Å². The van der Waals surface area contributed by atoms with Crippen molar-refractivity contribution in [3.05, 3.63) is 0 Å². The first-order valence-corrected chi connectivity index (χ1v) is 4.91. The Bertz CT molecular complexity index is 353. The van der Waals surface area contributed by atoms with E-state index in [1.54, 1.807) is 0 Å². The molecule has 8 nitrogen and oxygen atoms in total. The fourth-order valence-corrected chi connectivity index (χ4v) is 1.30. The van der Waals surface area contributed by atoms with E-state index in [0.29, 0.717) is 0 Å². The molecule has 0 aromatic carbocycles. The van der Waals surface area contributed by atoms with Gasteiger partial charge in [-0.1, -0.05) is 0 Å². The van der Waals surface area contributed by atoms with E-state index in [9.17, 15) is 19.2 Å². The van der Waals surface area contributed by atoms with Gasteiger partial charge < -0.3 is 15.2 Å². The van der Waals surface area contributed by atoms with Gasteiger partial charge in [-0.05, 0) is 6.42 Å². The SMILES string of the molecule is O=C(O)COCC(=O)NC1CCC(=O)NC1=O. The van der Waals surface area contributed by atoms with E-state index in [2.05, 4.69) is 15.4 Å². The summed E-state index contributed by atoms with van der Waals surface area (Å²) in [5.74, 6) is -2.71. The second kappa shape index (κ2) is 5.94. The van der Waals surface area contributed by atoms with Crippen molar-refractivity contribution in [2.75, 3.05) is 13.2 Å². The third kappa shape index (κ3) is 4.60. The Labute approximate surface area is 96.3 Å². The molecule has 1 atom stereocenters. The molecule has 1 unspecified atom stereocenters. The van der Waals surface area contributed by atoms with E-state index < -0.39 is 37.0 Å². The van der Waals surface area contributed by atoms with Crippen LogP contribution in [0.1, 0.15) is 12.8 Å². The van der Waals surface area contributed by atoms with Crippen LogP contribution in [0.2, 0.25) is 0 Å². The van der Waals surface area contributed by atoms with Gasteiger partial charge in [0.1, 0.15) is 19.3 Å². The van der Waals surface area contributed by atoms with E-state index in [-0.39, 0.29) is 18.7 Å². The van der Waals surface area contributed by atoms with E-state index in [1.165, 1.54) is 0 Å². The second-order valence-electron chi connectivity index (χ2n) is 3.46. The molecule has 1 saturated heterocycles. The predicted molar refractivity (Wildman–Crippen MR) is 52.8 cm³/mol. The zero-order valence-corrected chi connectivity index (χ0v) is 8.89. The minimum absolute atomic E-state index is 0.159. The number of carbonyl (C=O) groups excluding carboxylic acids is 3. The molecule has 0 aromatic rings. The normalized spacial score (nSPS) is 19.6. The molecular formula is C9H12N2O6. The summed E-state index contributed by atoms with van der Waals surface area (Å²) in [6, 6.07) is -0.770. The molecule has 0 aromatic heterocycles. The molecule has 0 bridgehead atoms. The van der Waals surface area contributed by atoms with Crippen molar-refractivity contribution in [1.29, 1.82) is 0 Å². The number of amides is 3. The number of carboxylic acids is 1. The average molecular weight is 244 g/mol. The predicted octanol–water partition coefficient (Wildman–Crippen LogP) is -1.99. The van der Waals surface area contributed by atoms with Crippen molar-refractivity contribution >= 4 is 23.7 Å². The molecule has 3 N–H and O–H groups in total. The Morgan fingerprint density at radius 2 is 2.12 bits per heavy atom. The molecule has 1 fully saturated rings. The third-order valence-electron chi connectivity index (χ3n) is 2.03. The lowest BCUT2D eigenvalue weighted by atomic mass is 10.1. The van der Waals surface area contributed by atoms with Gasteiger partial charge in [0, 0.05) is 6.42 Å². The van der Waals surface area contributed by atoms with Crippen molar-refractivity contribution in [1.82, 2.24) is 10.6 Å². The summed E-state index contributed by atoms with van der Waals surface area (Å²) in [6.45, 7) is -1.02. The molecule has 8 heteroatoms. The van der Waals surface area contributed by atoms with Crippen LogP contribution >= 0.6 is 0 Å². The number of aliphatic carboxylic acids is 1. The zero-order valence-electron chi connectivity index (χ0n) is 8.89. The Kier molecular flexibility index (Phi) is 4.58. The molecule has 1 aliphatic rings. The highest BCUT2D eigenvalue weighted by Crippen LogP contribution is 2.03. The quantitative estimate of drug-likeness (QED) is 0.481. The van der Waals surface area contributed by atoms with E-state index in [4.69, 9.17) is 5.11 Å². The molecule has 0 aliphatic carbocycles. The summed E-state index contributed by atoms with van der Waals surface area (Å²) in [5, 5.41) is 12.7. The molecule has 3 amide bonds. The van der Waals surface area contributed by atoms with E-state index in [1.807, 2.05) is 0 Å². The van der Waals surface area contributed by atoms with E-state index >= 15 is 0 Å². The number of hydrogen-bond acceptors (Lipinski definition) is 5. The monoisotopic (exact) mass is 244 g/mol. The maximum Gasteiger partial charge on any atom is 0.329 e. The molecule has 0 saturated carbocycles. The number of carbonyl (C=O) groups is 4. The molecule has 17 heavy (non-hydrogen) atoms. The lowest BCUT2D eigenvalue weighted by Crippen LogP contribution is -2.52. The third-order valence-corrected chi connectivity index (χ3v) is 2.03. The number of carboxylic acid groups (broad SMARTS) is 1. The van der Waals surface area contributed by atoms with Crippen LogP contribution in [0.4, 0.5) is 0 Å². The summed E-state index contributed by atoms with van der Waals surface area (Å²) in [7, 11) is 0. The number of nitrogens with one attached hydrogen (secondary N) is 2. The minimum Gasteiger partial charge on any atom is -0.480 e. The van der Waals surface area contributed by atoms with Crippen LogP contribution in [0.3, 0.4) is 0 Å². The standard InChI is InChI=1S/C9H12N2O6/c12-6-2-1-5(9(16)11-6)10-7(13)3-17-4-8(14)15/h5H,1-4H2,(H,10,13)(H,14,15)(H,11,12,16). The topological polar surface area (TPSA) is 122 Å². The molecule has 1 heterocycles. The van der Waals surface area contributed by atoms with Crippen LogP contribution in [0, 0.1) is 0 Å². The highest BCUT2D eigenvalue weighted by Gasteiger charge is 2.27. The molecular weight excluding hydrogens is 232 g/mol. The minimum atomic E-state index is -1.18. The summed E-state index contributed by atoms with van der Waals surface area (Å²) in [5.41, 5.74) is 0. The molecule has 1 aliphatic heterocycles. The number of ether oxygens (including phenoxy) is 1. The molecule has 0 spiro atoms. The Morgan fingerprint density at radius 1 is 1.41 bits per heavy atom. The van der Waals surface area contributed by atoms with Gasteiger partial charge in [-0.2, -0.15) is 0 Å². The average Bonchev–Trinajstić information content (AvgIpc) is 2.21. The summed E-state index contributed by atoms with van der Waals surface area (Å²) < 4.78 is 4.54. The Morgan fingerprint density at radius 3 is 2.71 bits per heavy atom. The van der Waals surface area contributed by atoms with Crippen molar-refractivity contribution in [3.63, 3.8) is 0 Å². The first-order valence-electron chi connectivity index (χ1n) is 4.91. The number of rotatable bonds is 5. The van der Waals surface area contributed by atoms with E-state index in [0.717, 1.165) is 0 Å². The fourth-order valence-electron chi connectivity index (χ4n) is 1.30. The maximum atomic E-state index is 11.2. The first-order chi connectivity index (χ1) is 7.99. The fraction of sp³-hybridized carbons (Fsp3) is 0.556. The number of imide groups is 1. The largest absolute Gasteiger partial charge is 0.480 e. The van der Waals surface area contributed by atoms with Crippen molar-refractivity contribution in [2.45, 2.75) is 18.9 Å². The van der Waals surface area contributed by atoms with Crippen molar-refractivity contribution in [2.24, 2.45) is 0 Å². The first kappa shape index (κ1) is 13.1. The smallest absolute Gasteiger partial charge is 0.329 e. The highest BCUT2D eigenvalue weighted by molar-refractivity contribution is 6.01. The van der Waals surface area contributed by atoms with Crippen LogP contribution in [-0.4, -0.2) is 48.1 Å². The van der Waals surface area contributed by atoms with Gasteiger partial charge >= 0.3 is 5.97 Å². The van der Waals surface area contributed by atoms with Gasteiger partial charge in [-0.3, -0.25) is 19.7 Å². The highest BCUT2D eigenvalue weighted by atomic mass is 16.5. The van der Waals surface area contributed by atoms with Gasteiger partial charge in [-0.25, -0.2) is 4.79 Å². The summed E-state index contributed by atoms with van der Waals surface area (Å²) in [4.78, 5) is 43.4. The second-order valence-corrected chi connectivity index (χ2v) is 3.46. The maximum absolute atomic E-state index is 11.2. The summed E-state index contributed by atoms with van der Waals surface area (Å²) in [6.07, 6.45) is 0.391. The van der Waals surface area contributed by atoms with Gasteiger partial charge in [-0.15, -0.1) is 0 Å². The van der Waals surface area contributed by atoms with Crippen molar-refractivity contribution < 1.29 is 29.0 Å². The summed E-state index contributed by atoms with van der Waals surface area (Å²) >= 11 is 0. The van der Waals surface area contributed by atoms with Gasteiger partial charge in [0.15, 0.2) is 0 Å². The van der Waals surface area contributed by atoms with Gasteiger partial charge in [0.2, 0.25) is 17.7 Å². The molecule has 0 radical (unpaired) electrons.